The molecule has 0 saturated heterocycles. The van der Waals surface area contributed by atoms with E-state index in [0.29, 0.717) is 6.42 Å². The smallest absolute Gasteiger partial charge is 0.202 e. The Morgan fingerprint density at radius 2 is 1.19 bits per heavy atom. The Bertz CT molecular complexity index is 845. The van der Waals surface area contributed by atoms with Gasteiger partial charge in [-0.3, -0.25) is 19.2 Å². The van der Waals surface area contributed by atoms with Crippen molar-refractivity contribution in [2.24, 2.45) is 0 Å². The summed E-state index contributed by atoms with van der Waals surface area (Å²) in [6, 6.07) is 0. The van der Waals surface area contributed by atoms with Crippen LogP contribution in [0.3, 0.4) is 0 Å². The molecule has 0 aliphatic carbocycles. The standard InChI is InChI=1S/C7H13NO.C5H8O.C4H8O.C4H6O.C4H4O.C3H6O2S/c1-7(9)5-4-6-8(2)3;1-3-4-5(2)6;3*1-3-4(2)5;1-3-6(2,4)5/h4-5H,6H2,1-3H3;3-4H,1-2H3;3H2,1-2H3;3H,1H2,2H3;1H,2H3;3H,1H2,2H3/b5-4+;4-3+;;;;. The van der Waals surface area contributed by atoms with E-state index in [-0.39, 0.29) is 28.9 Å². The fourth-order valence-electron chi connectivity index (χ4n) is 0.664. The molecule has 0 atom stereocenters. The molecular formula is C27H45NO7S. The SMILES string of the molecule is C#CC(C)=O.C/C=C/C(C)=O.C=CC(C)=O.C=CS(C)(=O)=O.CC(=O)/C=C/CN(C)C.CCC(C)=O. The number of nitrogens with zero attached hydrogens (tertiary/aromatic N) is 1. The fraction of sp³-hybridized carbons (Fsp3) is 0.444. The molecule has 0 saturated carbocycles. The molecule has 0 N–H and O–H groups in total. The van der Waals surface area contributed by atoms with Gasteiger partial charge in [0.1, 0.15) is 5.78 Å². The second-order valence-electron chi connectivity index (χ2n) is 6.95. The van der Waals surface area contributed by atoms with Gasteiger partial charge in [0, 0.05) is 31.6 Å². The topological polar surface area (TPSA) is 123 Å². The summed E-state index contributed by atoms with van der Waals surface area (Å²) in [4.78, 5) is 51.4. The second-order valence-corrected chi connectivity index (χ2v) is 8.95. The summed E-state index contributed by atoms with van der Waals surface area (Å²) in [6.45, 7) is 18.2. The first-order chi connectivity index (χ1) is 16.3. The van der Waals surface area contributed by atoms with E-state index in [9.17, 15) is 32.4 Å². The molecule has 0 unspecified atom stereocenters. The molecule has 0 aromatic carbocycles. The van der Waals surface area contributed by atoms with Gasteiger partial charge in [-0.1, -0.05) is 32.2 Å². The van der Waals surface area contributed by atoms with E-state index in [2.05, 4.69) is 19.6 Å². The van der Waals surface area contributed by atoms with Gasteiger partial charge in [0.05, 0.1) is 0 Å². The number of hydrogen-bond donors (Lipinski definition) is 0. The molecule has 9 heteroatoms. The minimum Gasteiger partial charge on any atom is -0.306 e. The molecule has 0 aliphatic rings. The lowest BCUT2D eigenvalue weighted by molar-refractivity contribution is -0.117. The van der Waals surface area contributed by atoms with E-state index >= 15 is 0 Å². The predicted molar refractivity (Wildman–Crippen MR) is 150 cm³/mol. The summed E-state index contributed by atoms with van der Waals surface area (Å²) in [7, 11) is 1.03. The van der Waals surface area contributed by atoms with Gasteiger partial charge in [0.2, 0.25) is 5.78 Å². The maximum Gasteiger partial charge on any atom is 0.202 e. The third-order valence-electron chi connectivity index (χ3n) is 2.52. The molecule has 0 amide bonds. The number of carbonyl (C=O) groups excluding carboxylic acids is 5. The third-order valence-corrected chi connectivity index (χ3v) is 3.12. The van der Waals surface area contributed by atoms with Crippen LogP contribution in [0.25, 0.3) is 0 Å². The largest absolute Gasteiger partial charge is 0.306 e. The quantitative estimate of drug-likeness (QED) is 0.277. The van der Waals surface area contributed by atoms with Gasteiger partial charge in [-0.05, 0) is 72.9 Å². The van der Waals surface area contributed by atoms with Gasteiger partial charge in [-0.25, -0.2) is 8.42 Å². The molecule has 0 heterocycles. The number of hydrogen-bond acceptors (Lipinski definition) is 8. The number of sulfone groups is 1. The highest BCUT2D eigenvalue weighted by atomic mass is 32.2. The van der Waals surface area contributed by atoms with E-state index < -0.39 is 9.84 Å². The summed E-state index contributed by atoms with van der Waals surface area (Å²) in [6.07, 6.45) is 14.3. The molecule has 0 aliphatic heterocycles. The molecule has 36 heavy (non-hydrogen) atoms. The Labute approximate surface area is 219 Å². The van der Waals surface area contributed by atoms with Crippen LogP contribution in [0.15, 0.2) is 48.9 Å². The minimum atomic E-state index is -2.90. The van der Waals surface area contributed by atoms with E-state index in [1.165, 1.54) is 32.9 Å². The minimum absolute atomic E-state index is 0.0185. The first kappa shape index (κ1) is 46.2. The monoisotopic (exact) mass is 527 g/mol. The van der Waals surface area contributed by atoms with Crippen molar-refractivity contribution in [1.82, 2.24) is 4.90 Å². The molecule has 0 aromatic heterocycles. The van der Waals surface area contributed by atoms with Crippen LogP contribution in [0.1, 0.15) is 54.9 Å². The van der Waals surface area contributed by atoms with Crippen LogP contribution in [0, 0.1) is 12.3 Å². The van der Waals surface area contributed by atoms with Gasteiger partial charge < -0.3 is 9.69 Å². The van der Waals surface area contributed by atoms with Crippen LogP contribution in [0.4, 0.5) is 0 Å². The highest BCUT2D eigenvalue weighted by molar-refractivity contribution is 7.93. The number of carbonyl (C=O) groups is 5. The van der Waals surface area contributed by atoms with Gasteiger partial charge in [0.25, 0.3) is 0 Å². The summed E-state index contributed by atoms with van der Waals surface area (Å²) in [5, 5.41) is 0.910. The Kier molecular flexibility index (Phi) is 43.5. The first-order valence-corrected chi connectivity index (χ1v) is 12.6. The van der Waals surface area contributed by atoms with Crippen molar-refractivity contribution in [2.75, 3.05) is 26.9 Å². The normalized spacial score (nSPS) is 8.94. The molecule has 0 spiro atoms. The molecule has 0 fully saturated rings. The van der Waals surface area contributed by atoms with Crippen LogP contribution >= 0.6 is 0 Å². The number of allylic oxidation sites excluding steroid dienone is 4. The molecule has 0 aromatic rings. The number of Topliss-reactive ketones (excluding diaryl/α,β-unsaturated/α-hetero) is 2. The first-order valence-electron chi connectivity index (χ1n) is 10.6. The Morgan fingerprint density at radius 3 is 1.28 bits per heavy atom. The summed E-state index contributed by atoms with van der Waals surface area (Å²) in [5.74, 6) is 2.16. The Morgan fingerprint density at radius 1 is 0.889 bits per heavy atom. The average Bonchev–Trinajstić information content (AvgIpc) is 2.74. The number of ketones is 5. The lowest BCUT2D eigenvalue weighted by atomic mass is 10.4. The van der Waals surface area contributed by atoms with E-state index in [1.54, 1.807) is 26.0 Å². The lowest BCUT2D eigenvalue weighted by Gasteiger charge is -2.02. The van der Waals surface area contributed by atoms with Gasteiger partial charge >= 0.3 is 0 Å². The van der Waals surface area contributed by atoms with E-state index in [1.807, 2.05) is 44.8 Å². The second kappa shape index (κ2) is 34.0. The molecular weight excluding hydrogens is 482 g/mol. The van der Waals surface area contributed by atoms with Gasteiger partial charge in [-0.2, -0.15) is 0 Å². The van der Waals surface area contributed by atoms with Crippen molar-refractivity contribution in [3.63, 3.8) is 0 Å². The van der Waals surface area contributed by atoms with Crippen LogP contribution in [0.2, 0.25) is 0 Å². The van der Waals surface area contributed by atoms with Crippen molar-refractivity contribution in [3.05, 3.63) is 48.9 Å². The zero-order chi connectivity index (χ0) is 30.3. The van der Waals surface area contributed by atoms with E-state index in [0.717, 1.165) is 18.2 Å². The van der Waals surface area contributed by atoms with Crippen molar-refractivity contribution >= 4 is 38.8 Å². The zero-order valence-corrected chi connectivity index (χ0v) is 24.4. The fourth-order valence-corrected chi connectivity index (χ4v) is 0.664. The molecule has 0 radical (unpaired) electrons. The predicted octanol–water partition coefficient (Wildman–Crippen LogP) is 3.97. The van der Waals surface area contributed by atoms with Crippen LogP contribution in [-0.2, 0) is 33.8 Å². The summed E-state index contributed by atoms with van der Waals surface area (Å²) in [5.41, 5.74) is 0. The van der Waals surface area contributed by atoms with Gasteiger partial charge in [-0.15, -0.1) is 6.42 Å². The summed E-state index contributed by atoms with van der Waals surface area (Å²) < 4.78 is 19.8. The lowest BCUT2D eigenvalue weighted by Crippen LogP contribution is -2.10. The number of rotatable bonds is 7. The highest BCUT2D eigenvalue weighted by Gasteiger charge is 1.85. The van der Waals surface area contributed by atoms with Crippen molar-refractivity contribution in [2.45, 2.75) is 54.9 Å². The zero-order valence-electron chi connectivity index (χ0n) is 23.6. The van der Waals surface area contributed by atoms with Crippen LogP contribution in [-0.4, -0.2) is 69.1 Å². The van der Waals surface area contributed by atoms with Crippen LogP contribution in [0.5, 0.6) is 0 Å². The van der Waals surface area contributed by atoms with Crippen molar-refractivity contribution < 1.29 is 32.4 Å². The number of likely N-dealkylation sites (N-methyl/N-ethyl adjacent to an activating group) is 1. The molecule has 8 nitrogen and oxygen atoms in total. The Hall–Kier alpha value is -3.22. The molecule has 206 valence electrons. The maximum absolute atomic E-state index is 10.3. The Balaban J connectivity index is -0.0000000763. The third kappa shape index (κ3) is 125. The average molecular weight is 528 g/mol. The van der Waals surface area contributed by atoms with Crippen molar-refractivity contribution in [1.29, 1.82) is 0 Å². The molecule has 0 bridgehead atoms. The van der Waals surface area contributed by atoms with Crippen molar-refractivity contribution in [3.8, 4) is 12.3 Å². The maximum atomic E-state index is 10.3. The van der Waals surface area contributed by atoms with Gasteiger partial charge in [0.15, 0.2) is 27.2 Å². The van der Waals surface area contributed by atoms with E-state index in [4.69, 9.17) is 0 Å². The number of terminal acetylenes is 1. The highest BCUT2D eigenvalue weighted by Crippen LogP contribution is 1.78. The van der Waals surface area contributed by atoms with Crippen LogP contribution < -0.4 is 0 Å². The molecule has 0 rings (SSSR count). The summed E-state index contributed by atoms with van der Waals surface area (Å²) >= 11 is 0.